The third kappa shape index (κ3) is 6.62. The lowest BCUT2D eigenvalue weighted by atomic mass is 10.0. The summed E-state index contributed by atoms with van der Waals surface area (Å²) < 4.78 is 34.9. The fourth-order valence-corrected chi connectivity index (χ4v) is 4.49. The molecule has 1 aromatic carbocycles. The van der Waals surface area contributed by atoms with Crippen LogP contribution in [0.15, 0.2) is 53.8 Å². The molecular weight excluding hydrogens is 496 g/mol. The number of aryl methyl sites for hydroxylation is 1. The first-order valence-electron chi connectivity index (χ1n) is 11.8. The topological polar surface area (TPSA) is 131 Å². The molecule has 1 saturated heterocycles. The van der Waals surface area contributed by atoms with Crippen molar-refractivity contribution in [3.63, 3.8) is 0 Å². The normalized spacial score (nSPS) is 14.8. The maximum absolute atomic E-state index is 12.9. The van der Waals surface area contributed by atoms with E-state index in [0.29, 0.717) is 37.9 Å². The standard InChI is InChI=1S/C26H30N4O6S/c1-17-4-5-21(29-25(32)19-6-7-27-24(13-19)37(3,33)34)14-22(17)20-12-23(30-8-10-35-11-9-30)26(28-15-20)36-16-18(2)31/h4-7,12-15,18,31H,8-11,16H2,1-3H3,(H,29,32). The minimum atomic E-state index is -3.54. The lowest BCUT2D eigenvalue weighted by Crippen LogP contribution is -2.36. The number of carbonyl (C=O) groups excluding carboxylic acids is 1. The van der Waals surface area contributed by atoms with E-state index in [-0.39, 0.29) is 17.2 Å². The Morgan fingerprint density at radius 2 is 1.95 bits per heavy atom. The number of morpholine rings is 1. The number of amides is 1. The monoisotopic (exact) mass is 526 g/mol. The number of nitrogens with zero attached hydrogens (tertiary/aromatic N) is 3. The number of hydrogen-bond donors (Lipinski definition) is 2. The van der Waals surface area contributed by atoms with Gasteiger partial charge in [-0.2, -0.15) is 0 Å². The van der Waals surface area contributed by atoms with E-state index in [1.165, 1.54) is 18.3 Å². The van der Waals surface area contributed by atoms with Gasteiger partial charge in [0, 0.05) is 48.6 Å². The second-order valence-corrected chi connectivity index (χ2v) is 10.9. The molecule has 1 unspecified atom stereocenters. The number of aromatic nitrogens is 2. The number of hydrogen-bond acceptors (Lipinski definition) is 9. The molecule has 0 aliphatic carbocycles. The zero-order chi connectivity index (χ0) is 26.6. The van der Waals surface area contributed by atoms with Gasteiger partial charge in [-0.05, 0) is 55.3 Å². The molecule has 1 aliphatic heterocycles. The highest BCUT2D eigenvalue weighted by molar-refractivity contribution is 7.90. The van der Waals surface area contributed by atoms with Crippen LogP contribution in [0, 0.1) is 6.92 Å². The van der Waals surface area contributed by atoms with Gasteiger partial charge in [0.05, 0.1) is 19.3 Å². The number of ether oxygens (including phenoxy) is 2. The molecule has 0 saturated carbocycles. The number of benzene rings is 1. The molecule has 11 heteroatoms. The Kier molecular flexibility index (Phi) is 8.06. The van der Waals surface area contributed by atoms with Gasteiger partial charge in [-0.3, -0.25) is 4.79 Å². The number of sulfone groups is 1. The Morgan fingerprint density at radius 1 is 1.19 bits per heavy atom. The van der Waals surface area contributed by atoms with Crippen molar-refractivity contribution in [2.45, 2.75) is 25.0 Å². The van der Waals surface area contributed by atoms with Crippen molar-refractivity contribution < 1.29 is 27.8 Å². The molecule has 10 nitrogen and oxygen atoms in total. The van der Waals surface area contributed by atoms with Crippen molar-refractivity contribution in [1.29, 1.82) is 0 Å². The van der Waals surface area contributed by atoms with Crippen molar-refractivity contribution >= 4 is 27.1 Å². The second-order valence-electron chi connectivity index (χ2n) is 8.95. The lowest BCUT2D eigenvalue weighted by molar-refractivity contribution is 0.102. The molecule has 37 heavy (non-hydrogen) atoms. The van der Waals surface area contributed by atoms with Crippen LogP contribution in [0.5, 0.6) is 5.88 Å². The highest BCUT2D eigenvalue weighted by Crippen LogP contribution is 2.34. The first-order chi connectivity index (χ1) is 17.6. The molecule has 1 atom stereocenters. The summed E-state index contributed by atoms with van der Waals surface area (Å²) in [5, 5.41) is 12.3. The lowest BCUT2D eigenvalue weighted by Gasteiger charge is -2.30. The summed E-state index contributed by atoms with van der Waals surface area (Å²) in [7, 11) is -3.54. The SMILES string of the molecule is Cc1ccc(NC(=O)c2ccnc(S(C)(=O)=O)c2)cc1-c1cnc(OCC(C)O)c(N2CCOCC2)c1. The van der Waals surface area contributed by atoms with Crippen LogP contribution in [0.4, 0.5) is 11.4 Å². The number of nitrogens with one attached hydrogen (secondary N) is 1. The summed E-state index contributed by atoms with van der Waals surface area (Å²) in [4.78, 5) is 23.4. The van der Waals surface area contributed by atoms with Crippen LogP contribution in [0.3, 0.4) is 0 Å². The van der Waals surface area contributed by atoms with Crippen LogP contribution < -0.4 is 15.0 Å². The fraction of sp³-hybridized carbons (Fsp3) is 0.346. The molecular formula is C26H30N4O6S. The Balaban J connectivity index is 1.64. The number of carbonyl (C=O) groups is 1. The number of aliphatic hydroxyl groups is 1. The van der Waals surface area contributed by atoms with Gasteiger partial charge in [0.2, 0.25) is 5.88 Å². The van der Waals surface area contributed by atoms with Gasteiger partial charge in [0.15, 0.2) is 14.9 Å². The van der Waals surface area contributed by atoms with Crippen molar-refractivity contribution in [3.05, 3.63) is 59.9 Å². The molecule has 196 valence electrons. The van der Waals surface area contributed by atoms with Crippen LogP contribution in [-0.2, 0) is 14.6 Å². The summed E-state index contributed by atoms with van der Waals surface area (Å²) in [6, 6.07) is 10.2. The second kappa shape index (κ2) is 11.2. The third-order valence-corrected chi connectivity index (χ3v) is 6.81. The third-order valence-electron chi connectivity index (χ3n) is 5.83. The van der Waals surface area contributed by atoms with E-state index >= 15 is 0 Å². The Morgan fingerprint density at radius 3 is 2.65 bits per heavy atom. The van der Waals surface area contributed by atoms with Crippen LogP contribution in [-0.4, -0.2) is 74.7 Å². The quantitative estimate of drug-likeness (QED) is 0.455. The van der Waals surface area contributed by atoms with Crippen LogP contribution in [0.2, 0.25) is 0 Å². The summed E-state index contributed by atoms with van der Waals surface area (Å²) in [5.74, 6) is -0.0101. The van der Waals surface area contributed by atoms with Gasteiger partial charge >= 0.3 is 0 Å². The summed E-state index contributed by atoms with van der Waals surface area (Å²) in [5.41, 5.74) is 4.23. The van der Waals surface area contributed by atoms with Gasteiger partial charge in [-0.15, -0.1) is 0 Å². The first kappa shape index (κ1) is 26.5. The molecule has 3 aromatic rings. The Hall–Kier alpha value is -3.54. The molecule has 1 fully saturated rings. The van der Waals surface area contributed by atoms with E-state index in [9.17, 15) is 18.3 Å². The van der Waals surface area contributed by atoms with Gasteiger partial charge in [-0.1, -0.05) is 6.07 Å². The molecule has 2 N–H and O–H groups in total. The smallest absolute Gasteiger partial charge is 0.255 e. The minimum Gasteiger partial charge on any atom is -0.473 e. The number of aliphatic hydroxyl groups excluding tert-OH is 1. The van der Waals surface area contributed by atoms with Crippen molar-refractivity contribution in [3.8, 4) is 17.0 Å². The van der Waals surface area contributed by atoms with Crippen molar-refractivity contribution in [1.82, 2.24) is 9.97 Å². The van der Waals surface area contributed by atoms with E-state index in [1.807, 2.05) is 25.1 Å². The summed E-state index contributed by atoms with van der Waals surface area (Å²) in [6.45, 7) is 6.31. The maximum atomic E-state index is 12.9. The molecule has 2 aromatic heterocycles. The minimum absolute atomic E-state index is 0.125. The molecule has 0 bridgehead atoms. The van der Waals surface area contributed by atoms with E-state index in [0.717, 1.165) is 28.6 Å². The fourth-order valence-electron chi connectivity index (χ4n) is 3.90. The summed E-state index contributed by atoms with van der Waals surface area (Å²) in [6.07, 6.45) is 3.42. The average Bonchev–Trinajstić information content (AvgIpc) is 2.88. The largest absolute Gasteiger partial charge is 0.473 e. The first-order valence-corrected chi connectivity index (χ1v) is 13.7. The highest BCUT2D eigenvalue weighted by Gasteiger charge is 2.20. The molecule has 1 amide bonds. The molecule has 0 spiro atoms. The van der Waals surface area contributed by atoms with E-state index < -0.39 is 21.8 Å². The predicted octanol–water partition coefficient (Wildman–Crippen LogP) is 2.70. The van der Waals surface area contributed by atoms with Crippen molar-refractivity contribution in [2.24, 2.45) is 0 Å². The molecule has 1 aliphatic rings. The predicted molar refractivity (Wildman–Crippen MR) is 140 cm³/mol. The zero-order valence-corrected chi connectivity index (χ0v) is 21.8. The van der Waals surface area contributed by atoms with Gasteiger partial charge in [-0.25, -0.2) is 18.4 Å². The zero-order valence-electron chi connectivity index (χ0n) is 21.0. The molecule has 0 radical (unpaired) electrons. The van der Waals surface area contributed by atoms with E-state index in [2.05, 4.69) is 20.2 Å². The molecule has 4 rings (SSSR count). The van der Waals surface area contributed by atoms with Crippen LogP contribution in [0.25, 0.3) is 11.1 Å². The number of pyridine rings is 2. The van der Waals surface area contributed by atoms with Crippen molar-refractivity contribution in [2.75, 3.05) is 49.4 Å². The van der Waals surface area contributed by atoms with E-state index in [4.69, 9.17) is 9.47 Å². The Bertz CT molecular complexity index is 1390. The van der Waals surface area contributed by atoms with Gasteiger partial charge in [0.1, 0.15) is 12.3 Å². The maximum Gasteiger partial charge on any atom is 0.255 e. The van der Waals surface area contributed by atoms with Gasteiger partial charge in [0.25, 0.3) is 5.91 Å². The van der Waals surface area contributed by atoms with Crippen LogP contribution in [0.1, 0.15) is 22.8 Å². The molecule has 3 heterocycles. The van der Waals surface area contributed by atoms with E-state index in [1.54, 1.807) is 19.2 Å². The van der Waals surface area contributed by atoms with Crippen LogP contribution >= 0.6 is 0 Å². The van der Waals surface area contributed by atoms with Gasteiger partial charge < -0.3 is 24.8 Å². The number of anilines is 2. The summed E-state index contributed by atoms with van der Waals surface area (Å²) >= 11 is 0. The Labute approximate surface area is 216 Å². The average molecular weight is 527 g/mol. The number of rotatable bonds is 8. The highest BCUT2D eigenvalue weighted by atomic mass is 32.2.